The van der Waals surface area contributed by atoms with Crippen molar-refractivity contribution in [2.45, 2.75) is 6.42 Å². The van der Waals surface area contributed by atoms with Crippen LogP contribution in [0, 0.1) is 0 Å². The van der Waals surface area contributed by atoms with Gasteiger partial charge in [0.05, 0.1) is 0 Å². The van der Waals surface area contributed by atoms with Gasteiger partial charge in [-0.3, -0.25) is 0 Å². The smallest absolute Gasteiger partial charge is 0.134 e. The molecule has 1 aliphatic heterocycles. The number of phenols is 1. The van der Waals surface area contributed by atoms with Crippen molar-refractivity contribution in [1.29, 1.82) is 0 Å². The Morgan fingerprint density at radius 1 is 1.27 bits per heavy atom. The Balaban J connectivity index is 2.14. The van der Waals surface area contributed by atoms with Gasteiger partial charge in [-0.2, -0.15) is 0 Å². The van der Waals surface area contributed by atoms with Crippen LogP contribution < -0.4 is 4.74 Å². The fraction of sp³-hybridized carbons (Fsp3) is 0.0769. The lowest BCUT2D eigenvalue weighted by atomic mass is 9.99. The van der Waals surface area contributed by atoms with E-state index in [1.54, 1.807) is 18.2 Å². The summed E-state index contributed by atoms with van der Waals surface area (Å²) in [4.78, 5) is 0. The van der Waals surface area contributed by atoms with Crippen molar-refractivity contribution >= 4 is 6.08 Å². The van der Waals surface area contributed by atoms with Crippen LogP contribution in [-0.4, -0.2) is 5.11 Å². The van der Waals surface area contributed by atoms with Crippen molar-refractivity contribution in [2.24, 2.45) is 0 Å². The lowest BCUT2D eigenvalue weighted by Gasteiger charge is -2.21. The summed E-state index contributed by atoms with van der Waals surface area (Å²) in [6.45, 7) is 0. The Bertz CT molecular complexity index is 507. The second-order valence-electron chi connectivity index (χ2n) is 3.66. The maximum absolute atomic E-state index is 9.37. The molecular formula is C13H10O2. The van der Waals surface area contributed by atoms with E-state index >= 15 is 0 Å². The lowest BCUT2D eigenvalue weighted by Crippen LogP contribution is -2.06. The molecule has 1 aromatic rings. The SMILES string of the molecule is Oc1ccc2c(c1)C=C1CC=CC=C1O2. The van der Waals surface area contributed by atoms with Crippen LogP contribution in [0.3, 0.4) is 0 Å². The zero-order chi connectivity index (χ0) is 10.3. The van der Waals surface area contributed by atoms with E-state index in [0.29, 0.717) is 0 Å². The zero-order valence-corrected chi connectivity index (χ0v) is 8.10. The maximum atomic E-state index is 9.37. The molecule has 74 valence electrons. The predicted molar refractivity (Wildman–Crippen MR) is 58.6 cm³/mol. The van der Waals surface area contributed by atoms with E-state index in [9.17, 15) is 5.11 Å². The van der Waals surface area contributed by atoms with Gasteiger partial charge in [0, 0.05) is 5.56 Å². The summed E-state index contributed by atoms with van der Waals surface area (Å²) in [5, 5.41) is 9.37. The van der Waals surface area contributed by atoms with E-state index in [4.69, 9.17) is 4.74 Å². The van der Waals surface area contributed by atoms with Crippen molar-refractivity contribution in [2.75, 3.05) is 0 Å². The van der Waals surface area contributed by atoms with Gasteiger partial charge in [-0.25, -0.2) is 0 Å². The van der Waals surface area contributed by atoms with Crippen LogP contribution in [0.15, 0.2) is 47.8 Å². The minimum atomic E-state index is 0.271. The molecule has 0 radical (unpaired) electrons. The number of hydrogen-bond acceptors (Lipinski definition) is 2. The molecule has 1 N–H and O–H groups in total. The highest BCUT2D eigenvalue weighted by Gasteiger charge is 2.17. The Morgan fingerprint density at radius 2 is 2.20 bits per heavy atom. The Kier molecular flexibility index (Phi) is 1.68. The largest absolute Gasteiger partial charge is 0.508 e. The summed E-state index contributed by atoms with van der Waals surface area (Å²) >= 11 is 0. The number of rotatable bonds is 0. The Morgan fingerprint density at radius 3 is 3.13 bits per heavy atom. The highest BCUT2D eigenvalue weighted by Crippen LogP contribution is 2.36. The van der Waals surface area contributed by atoms with Crippen LogP contribution in [0.25, 0.3) is 6.08 Å². The number of benzene rings is 1. The van der Waals surface area contributed by atoms with Crippen LogP contribution in [0.4, 0.5) is 0 Å². The van der Waals surface area contributed by atoms with E-state index in [1.165, 1.54) is 0 Å². The van der Waals surface area contributed by atoms with Gasteiger partial charge >= 0.3 is 0 Å². The van der Waals surface area contributed by atoms with E-state index < -0.39 is 0 Å². The predicted octanol–water partition coefficient (Wildman–Crippen LogP) is 3.01. The topological polar surface area (TPSA) is 29.5 Å². The summed E-state index contributed by atoms with van der Waals surface area (Å²) in [6, 6.07) is 5.14. The number of aromatic hydroxyl groups is 1. The van der Waals surface area contributed by atoms with Gasteiger partial charge in [-0.05, 0) is 42.3 Å². The molecule has 0 amide bonds. The van der Waals surface area contributed by atoms with Crippen molar-refractivity contribution in [3.8, 4) is 11.5 Å². The third-order valence-corrected chi connectivity index (χ3v) is 2.58. The van der Waals surface area contributed by atoms with Crippen LogP contribution >= 0.6 is 0 Å². The molecule has 0 bridgehead atoms. The highest BCUT2D eigenvalue weighted by atomic mass is 16.5. The van der Waals surface area contributed by atoms with E-state index in [2.05, 4.69) is 12.2 Å². The second-order valence-corrected chi connectivity index (χ2v) is 3.66. The van der Waals surface area contributed by atoms with Crippen molar-refractivity contribution in [3.63, 3.8) is 0 Å². The average molecular weight is 198 g/mol. The molecule has 2 nitrogen and oxygen atoms in total. The monoisotopic (exact) mass is 198 g/mol. The molecule has 1 aliphatic carbocycles. The third-order valence-electron chi connectivity index (χ3n) is 2.58. The van der Waals surface area contributed by atoms with Gasteiger partial charge in [0.1, 0.15) is 17.3 Å². The van der Waals surface area contributed by atoms with Gasteiger partial charge in [-0.1, -0.05) is 12.2 Å². The first-order chi connectivity index (χ1) is 7.33. The number of phenolic OH excluding ortho intramolecular Hbond substituents is 1. The van der Waals surface area contributed by atoms with Gasteiger partial charge in [0.2, 0.25) is 0 Å². The van der Waals surface area contributed by atoms with Crippen molar-refractivity contribution in [3.05, 3.63) is 53.3 Å². The van der Waals surface area contributed by atoms with E-state index in [1.807, 2.05) is 12.2 Å². The minimum absolute atomic E-state index is 0.271. The van der Waals surface area contributed by atoms with Crippen LogP contribution in [0.5, 0.6) is 11.5 Å². The van der Waals surface area contributed by atoms with Gasteiger partial charge in [0.15, 0.2) is 0 Å². The molecule has 2 heteroatoms. The molecule has 0 saturated carbocycles. The minimum Gasteiger partial charge on any atom is -0.508 e. The summed E-state index contributed by atoms with van der Waals surface area (Å²) < 4.78 is 5.72. The van der Waals surface area contributed by atoms with Gasteiger partial charge in [0.25, 0.3) is 0 Å². The normalized spacial score (nSPS) is 17.1. The molecule has 2 aliphatic rings. The van der Waals surface area contributed by atoms with Crippen LogP contribution in [0.1, 0.15) is 12.0 Å². The molecule has 0 atom stereocenters. The molecule has 1 aromatic carbocycles. The summed E-state index contributed by atoms with van der Waals surface area (Å²) in [7, 11) is 0. The van der Waals surface area contributed by atoms with Crippen LogP contribution in [0.2, 0.25) is 0 Å². The van der Waals surface area contributed by atoms with E-state index in [0.717, 1.165) is 29.1 Å². The van der Waals surface area contributed by atoms with Crippen molar-refractivity contribution in [1.82, 2.24) is 0 Å². The number of allylic oxidation sites excluding steroid dienone is 4. The van der Waals surface area contributed by atoms with Crippen LogP contribution in [-0.2, 0) is 0 Å². The fourth-order valence-corrected chi connectivity index (χ4v) is 1.84. The highest BCUT2D eigenvalue weighted by molar-refractivity contribution is 5.69. The average Bonchev–Trinajstić information content (AvgIpc) is 2.26. The quantitative estimate of drug-likeness (QED) is 0.694. The first-order valence-corrected chi connectivity index (χ1v) is 4.91. The van der Waals surface area contributed by atoms with E-state index in [-0.39, 0.29) is 5.75 Å². The lowest BCUT2D eigenvalue weighted by molar-refractivity contribution is 0.424. The summed E-state index contributed by atoms with van der Waals surface area (Å²) in [5.74, 6) is 1.99. The first-order valence-electron chi connectivity index (χ1n) is 4.91. The second kappa shape index (κ2) is 3.02. The molecule has 3 rings (SSSR count). The molecule has 0 fully saturated rings. The molecular weight excluding hydrogens is 188 g/mol. The van der Waals surface area contributed by atoms with Gasteiger partial charge in [-0.15, -0.1) is 0 Å². The third kappa shape index (κ3) is 1.34. The standard InChI is InChI=1S/C13H10O2/c14-11-5-6-13-10(8-11)7-9-3-1-2-4-12(9)15-13/h1-2,4-8,14H,3H2. The maximum Gasteiger partial charge on any atom is 0.134 e. The molecule has 0 aromatic heterocycles. The first kappa shape index (κ1) is 8.36. The fourth-order valence-electron chi connectivity index (χ4n) is 1.84. The molecule has 0 spiro atoms. The zero-order valence-electron chi connectivity index (χ0n) is 8.10. The summed E-state index contributed by atoms with van der Waals surface area (Å²) in [5.41, 5.74) is 2.10. The molecule has 0 unspecified atom stereocenters. The Labute approximate surface area is 87.8 Å². The van der Waals surface area contributed by atoms with Gasteiger partial charge < -0.3 is 9.84 Å². The number of ether oxygens (including phenoxy) is 1. The Hall–Kier alpha value is -1.96. The number of fused-ring (bicyclic) bond motifs is 2. The molecule has 15 heavy (non-hydrogen) atoms. The number of hydrogen-bond donors (Lipinski definition) is 1. The summed E-state index contributed by atoms with van der Waals surface area (Å²) in [6.07, 6.45) is 9.00. The van der Waals surface area contributed by atoms with Crippen molar-refractivity contribution < 1.29 is 9.84 Å². The molecule has 0 saturated heterocycles. The molecule has 1 heterocycles.